The van der Waals surface area contributed by atoms with Crippen LogP contribution >= 0.6 is 11.3 Å². The predicted octanol–water partition coefficient (Wildman–Crippen LogP) is 3.77. The summed E-state index contributed by atoms with van der Waals surface area (Å²) >= 11 is 1.19. The van der Waals surface area contributed by atoms with Crippen LogP contribution in [0.5, 0.6) is 0 Å². The third-order valence-corrected chi connectivity index (χ3v) is 11.4. The number of likely N-dealkylation sites (tertiary alicyclic amines) is 1. The van der Waals surface area contributed by atoms with Gasteiger partial charge in [-0.1, -0.05) is 79.7 Å². The van der Waals surface area contributed by atoms with Gasteiger partial charge in [0, 0.05) is 24.7 Å². The highest BCUT2D eigenvalue weighted by Crippen LogP contribution is 2.40. The van der Waals surface area contributed by atoms with Crippen molar-refractivity contribution in [3.05, 3.63) is 29.2 Å². The van der Waals surface area contributed by atoms with Gasteiger partial charge in [0.05, 0.1) is 6.04 Å². The number of nitrogens with zero attached hydrogens (tertiary/aromatic N) is 2. The van der Waals surface area contributed by atoms with E-state index in [1.165, 1.54) is 22.3 Å². The number of carbonyl (C=O) groups is 6. The van der Waals surface area contributed by atoms with Crippen LogP contribution in [0.3, 0.4) is 0 Å². The van der Waals surface area contributed by atoms with Crippen molar-refractivity contribution in [3.8, 4) is 0 Å². The van der Waals surface area contributed by atoms with Crippen LogP contribution in [-0.4, -0.2) is 82.5 Å². The Kier molecular flexibility index (Phi) is 13.0. The summed E-state index contributed by atoms with van der Waals surface area (Å²) in [5.41, 5.74) is -1.28. The quantitative estimate of drug-likeness (QED) is 0.159. The summed E-state index contributed by atoms with van der Waals surface area (Å²) in [6.07, 6.45) is 10.2. The number of nitrogens with one attached hydrogen (secondary N) is 4. The number of rotatable bonds is 15. The fourth-order valence-corrected chi connectivity index (χ4v) is 7.99. The van der Waals surface area contributed by atoms with Gasteiger partial charge in [-0.25, -0.2) is 4.98 Å². The number of amides is 5. The van der Waals surface area contributed by atoms with Crippen molar-refractivity contribution in [2.75, 3.05) is 13.1 Å². The van der Waals surface area contributed by atoms with Crippen LogP contribution in [0.1, 0.15) is 109 Å². The van der Waals surface area contributed by atoms with Gasteiger partial charge in [0.1, 0.15) is 18.1 Å². The molecule has 0 aromatic carbocycles. The lowest BCUT2D eigenvalue weighted by molar-refractivity contribution is -0.146. The van der Waals surface area contributed by atoms with Gasteiger partial charge >= 0.3 is 0 Å². The Balaban J connectivity index is 1.59. The molecular weight excluding hydrogens is 657 g/mol. The van der Waals surface area contributed by atoms with Crippen molar-refractivity contribution in [1.29, 1.82) is 0 Å². The Bertz CT molecular complexity index is 1410. The lowest BCUT2D eigenvalue weighted by atomic mass is 9.70. The Morgan fingerprint density at radius 3 is 2.28 bits per heavy atom. The Hall–Kier alpha value is -3.61. The van der Waals surface area contributed by atoms with Gasteiger partial charge in [0.25, 0.3) is 11.8 Å². The first kappa shape index (κ1) is 39.2. The van der Waals surface area contributed by atoms with Crippen molar-refractivity contribution in [1.82, 2.24) is 31.2 Å². The summed E-state index contributed by atoms with van der Waals surface area (Å²) in [6, 6.07) is -3.83. The summed E-state index contributed by atoms with van der Waals surface area (Å²) in [5.74, 6) is -3.18. The van der Waals surface area contributed by atoms with Crippen LogP contribution in [-0.2, 0) is 24.0 Å². The number of aromatic nitrogens is 1. The topological polar surface area (TPSA) is 167 Å². The molecule has 0 bridgehead atoms. The molecule has 2 heterocycles. The maximum absolute atomic E-state index is 14.6. The highest BCUT2D eigenvalue weighted by molar-refractivity contribution is 7.11. The van der Waals surface area contributed by atoms with Crippen LogP contribution < -0.4 is 21.3 Å². The highest BCUT2D eigenvalue weighted by atomic mass is 32.1. The summed E-state index contributed by atoms with van der Waals surface area (Å²) in [6.45, 7) is 15.6. The highest BCUT2D eigenvalue weighted by Gasteiger charge is 2.49. The fraction of sp³-hybridized carbons (Fsp3) is 0.703. The van der Waals surface area contributed by atoms with Gasteiger partial charge in [-0.3, -0.25) is 28.8 Å². The van der Waals surface area contributed by atoms with Crippen molar-refractivity contribution in [2.24, 2.45) is 28.6 Å². The first-order valence-corrected chi connectivity index (χ1v) is 19.0. The first-order chi connectivity index (χ1) is 23.6. The molecule has 1 aromatic heterocycles. The van der Waals surface area contributed by atoms with E-state index in [0.29, 0.717) is 19.4 Å². The molecule has 1 unspecified atom stereocenters. The van der Waals surface area contributed by atoms with Crippen LogP contribution in [0.15, 0.2) is 24.2 Å². The predicted molar refractivity (Wildman–Crippen MR) is 192 cm³/mol. The van der Waals surface area contributed by atoms with E-state index in [4.69, 9.17) is 0 Å². The van der Waals surface area contributed by atoms with Crippen LogP contribution in [0, 0.1) is 28.6 Å². The molecule has 276 valence electrons. The van der Waals surface area contributed by atoms with E-state index in [-0.39, 0.29) is 29.3 Å². The second-order valence-corrected chi connectivity index (χ2v) is 16.9. The number of hydrogen-bond donors (Lipinski definition) is 4. The van der Waals surface area contributed by atoms with E-state index < -0.39 is 70.3 Å². The second-order valence-electron chi connectivity index (χ2n) is 16.0. The zero-order valence-electron chi connectivity index (χ0n) is 30.5. The number of Topliss-reactive ketones (excluding diaryl/α,β-unsaturated/α-hetero) is 1. The molecule has 1 saturated heterocycles. The molecule has 1 aromatic rings. The molecule has 5 amide bonds. The molecule has 4 rings (SSSR count). The SMILES string of the molecule is C=CCNC(=O)C(=O)C(CC1CC1)NC(=O)[C@@H]1[C@@H](C(C)C)CCN1C(=O)[C@@H](NC(=O)[C@@H](NC(=O)c1nccs1)C1(C)CCCCC1)C(C)(C)C. The molecule has 12 nitrogen and oxygen atoms in total. The standard InChI is InChI=1S/C37H56N6O6S/c1-8-17-38-31(46)27(44)25(21-23-12-13-23)40-30(45)26-24(22(2)3)14-19-43(26)35(49)29(36(4,5)6)42-32(47)28(37(7)15-10-9-11-16-37)41-33(48)34-39-18-20-50-34/h8,18,20,22-26,28-29H,1,9-17,19,21H2,2-7H3,(H,38,46)(H,40,45)(H,41,48)(H,42,47)/t24-,25?,26+,28-,29-/m1/s1. The van der Waals surface area contributed by atoms with Crippen molar-refractivity contribution in [2.45, 2.75) is 123 Å². The minimum absolute atomic E-state index is 0.0383. The number of thiazole rings is 1. The minimum Gasteiger partial charge on any atom is -0.346 e. The van der Waals surface area contributed by atoms with E-state index in [9.17, 15) is 28.8 Å². The molecule has 0 spiro atoms. The average Bonchev–Trinajstić information content (AvgIpc) is 3.50. The van der Waals surface area contributed by atoms with E-state index in [1.54, 1.807) is 11.6 Å². The summed E-state index contributed by atoms with van der Waals surface area (Å²) < 4.78 is 0. The Morgan fingerprint density at radius 2 is 1.72 bits per heavy atom. The van der Waals surface area contributed by atoms with Crippen LogP contribution in [0.25, 0.3) is 0 Å². The Labute approximate surface area is 300 Å². The molecule has 0 radical (unpaired) electrons. The molecular formula is C37H56N6O6S. The molecule has 50 heavy (non-hydrogen) atoms. The summed E-state index contributed by atoms with van der Waals surface area (Å²) in [4.78, 5) is 87.8. The molecule has 3 fully saturated rings. The largest absolute Gasteiger partial charge is 0.346 e. The van der Waals surface area contributed by atoms with Gasteiger partial charge < -0.3 is 26.2 Å². The maximum atomic E-state index is 14.6. The van der Waals surface area contributed by atoms with E-state index in [0.717, 1.165) is 44.9 Å². The Morgan fingerprint density at radius 1 is 1.04 bits per heavy atom. The molecule has 1 aliphatic heterocycles. The lowest BCUT2D eigenvalue weighted by Gasteiger charge is -2.42. The van der Waals surface area contributed by atoms with E-state index >= 15 is 0 Å². The van der Waals surface area contributed by atoms with E-state index in [2.05, 4.69) is 32.8 Å². The maximum Gasteiger partial charge on any atom is 0.289 e. The molecule has 13 heteroatoms. The average molecular weight is 713 g/mol. The minimum atomic E-state index is -1.02. The molecule has 4 N–H and O–H groups in total. The smallest absolute Gasteiger partial charge is 0.289 e. The molecule has 3 aliphatic rings. The van der Waals surface area contributed by atoms with Crippen molar-refractivity contribution in [3.63, 3.8) is 0 Å². The zero-order valence-corrected chi connectivity index (χ0v) is 31.3. The molecule has 2 saturated carbocycles. The molecule has 2 aliphatic carbocycles. The third kappa shape index (κ3) is 9.58. The number of carbonyl (C=O) groups excluding carboxylic acids is 6. The lowest BCUT2D eigenvalue weighted by Crippen LogP contribution is -2.63. The normalized spacial score (nSPS) is 22.2. The van der Waals surface area contributed by atoms with Gasteiger partial charge in [-0.15, -0.1) is 17.9 Å². The van der Waals surface area contributed by atoms with Crippen molar-refractivity contribution < 1.29 is 28.8 Å². The van der Waals surface area contributed by atoms with E-state index in [1.807, 2.05) is 41.5 Å². The monoisotopic (exact) mass is 712 g/mol. The number of ketones is 1. The zero-order chi connectivity index (χ0) is 36.8. The van der Waals surface area contributed by atoms with Crippen LogP contribution in [0.4, 0.5) is 0 Å². The molecule has 5 atom stereocenters. The number of hydrogen-bond acceptors (Lipinski definition) is 8. The van der Waals surface area contributed by atoms with Gasteiger partial charge in [0.2, 0.25) is 23.5 Å². The first-order valence-electron chi connectivity index (χ1n) is 18.1. The van der Waals surface area contributed by atoms with Gasteiger partial charge in [-0.2, -0.15) is 0 Å². The summed E-state index contributed by atoms with van der Waals surface area (Å²) in [7, 11) is 0. The van der Waals surface area contributed by atoms with Crippen molar-refractivity contribution >= 4 is 46.7 Å². The summed E-state index contributed by atoms with van der Waals surface area (Å²) in [5, 5.41) is 13.3. The third-order valence-electron chi connectivity index (χ3n) is 10.6. The fourth-order valence-electron chi connectivity index (χ4n) is 7.46. The van der Waals surface area contributed by atoms with Gasteiger partial charge in [0.15, 0.2) is 5.01 Å². The second kappa shape index (κ2) is 16.6. The van der Waals surface area contributed by atoms with Gasteiger partial charge in [-0.05, 0) is 54.3 Å². The van der Waals surface area contributed by atoms with Crippen LogP contribution in [0.2, 0.25) is 0 Å².